The van der Waals surface area contributed by atoms with Gasteiger partial charge in [-0.05, 0) is 25.3 Å². The van der Waals surface area contributed by atoms with E-state index in [9.17, 15) is 4.79 Å². The molecule has 1 rings (SSSR count). The molecule has 1 atom stereocenters. The fourth-order valence-corrected chi connectivity index (χ4v) is 2.02. The molecule has 0 aliphatic carbocycles. The molecule has 0 radical (unpaired) electrons. The quantitative estimate of drug-likeness (QED) is 0.816. The standard InChI is InChI=1S/C14H25N3O/c1-10(2)6-5-7-11(3)16-14(18)13-8-12(15)9-17(13)4/h8-11H,5-7,15H2,1-4H3,(H,16,18). The van der Waals surface area contributed by atoms with E-state index in [-0.39, 0.29) is 11.9 Å². The zero-order valence-corrected chi connectivity index (χ0v) is 11.9. The highest BCUT2D eigenvalue weighted by Gasteiger charge is 2.13. The Morgan fingerprint density at radius 2 is 2.06 bits per heavy atom. The summed E-state index contributed by atoms with van der Waals surface area (Å²) in [4.78, 5) is 12.0. The average molecular weight is 251 g/mol. The maximum Gasteiger partial charge on any atom is 0.268 e. The lowest BCUT2D eigenvalue weighted by Crippen LogP contribution is -2.33. The fraction of sp³-hybridized carbons (Fsp3) is 0.643. The van der Waals surface area contributed by atoms with Gasteiger partial charge in [-0.25, -0.2) is 0 Å². The van der Waals surface area contributed by atoms with Crippen LogP contribution in [0.1, 0.15) is 50.5 Å². The van der Waals surface area contributed by atoms with Crippen molar-refractivity contribution in [3.8, 4) is 0 Å². The maximum atomic E-state index is 12.0. The van der Waals surface area contributed by atoms with E-state index in [4.69, 9.17) is 5.73 Å². The Morgan fingerprint density at radius 3 is 2.56 bits per heavy atom. The van der Waals surface area contributed by atoms with Gasteiger partial charge in [-0.2, -0.15) is 0 Å². The van der Waals surface area contributed by atoms with Crippen LogP contribution < -0.4 is 11.1 Å². The van der Waals surface area contributed by atoms with Gasteiger partial charge in [0.25, 0.3) is 5.91 Å². The SMILES string of the molecule is CC(C)CCCC(C)NC(=O)c1cc(N)cn1C. The molecule has 1 heterocycles. The van der Waals surface area contributed by atoms with Crippen LogP contribution in [0.2, 0.25) is 0 Å². The Bertz CT molecular complexity index is 396. The number of carbonyl (C=O) groups excluding carboxylic acids is 1. The molecule has 18 heavy (non-hydrogen) atoms. The van der Waals surface area contributed by atoms with Crippen LogP contribution in [0.15, 0.2) is 12.3 Å². The molecule has 0 aliphatic heterocycles. The monoisotopic (exact) mass is 251 g/mol. The van der Waals surface area contributed by atoms with Crippen LogP contribution >= 0.6 is 0 Å². The minimum absolute atomic E-state index is 0.0498. The second-order valence-electron chi connectivity index (χ2n) is 5.47. The lowest BCUT2D eigenvalue weighted by molar-refractivity contribution is 0.0929. The number of hydrogen-bond acceptors (Lipinski definition) is 2. The predicted molar refractivity (Wildman–Crippen MR) is 75.4 cm³/mol. The van der Waals surface area contributed by atoms with Gasteiger partial charge in [-0.3, -0.25) is 4.79 Å². The number of anilines is 1. The molecule has 0 saturated heterocycles. The van der Waals surface area contributed by atoms with Crippen LogP contribution in [-0.4, -0.2) is 16.5 Å². The van der Waals surface area contributed by atoms with Crippen molar-refractivity contribution in [1.29, 1.82) is 0 Å². The van der Waals surface area contributed by atoms with E-state index in [0.29, 0.717) is 11.4 Å². The summed E-state index contributed by atoms with van der Waals surface area (Å²) in [5, 5.41) is 3.01. The van der Waals surface area contributed by atoms with E-state index < -0.39 is 0 Å². The van der Waals surface area contributed by atoms with Gasteiger partial charge in [0.2, 0.25) is 0 Å². The normalized spacial score (nSPS) is 12.7. The highest BCUT2D eigenvalue weighted by molar-refractivity contribution is 5.93. The number of hydrogen-bond donors (Lipinski definition) is 2. The van der Waals surface area contributed by atoms with Crippen molar-refractivity contribution in [2.75, 3.05) is 5.73 Å². The number of rotatable bonds is 6. The Balaban J connectivity index is 2.42. The number of nitrogens with two attached hydrogens (primary N) is 1. The molecule has 1 amide bonds. The molecule has 0 fully saturated rings. The molecule has 1 unspecified atom stereocenters. The third-order valence-corrected chi connectivity index (χ3v) is 3.05. The van der Waals surface area contributed by atoms with Gasteiger partial charge in [0.05, 0.1) is 5.69 Å². The van der Waals surface area contributed by atoms with Gasteiger partial charge < -0.3 is 15.6 Å². The van der Waals surface area contributed by atoms with Gasteiger partial charge in [0.1, 0.15) is 5.69 Å². The first-order valence-electron chi connectivity index (χ1n) is 6.63. The van der Waals surface area contributed by atoms with Crippen molar-refractivity contribution in [2.45, 2.75) is 46.1 Å². The summed E-state index contributed by atoms with van der Waals surface area (Å²) in [7, 11) is 1.83. The van der Waals surface area contributed by atoms with Crippen LogP contribution in [0.5, 0.6) is 0 Å². The Kier molecular flexibility index (Phi) is 5.25. The minimum atomic E-state index is -0.0498. The first-order chi connectivity index (χ1) is 8.40. The van der Waals surface area contributed by atoms with Crippen molar-refractivity contribution in [1.82, 2.24) is 9.88 Å². The summed E-state index contributed by atoms with van der Waals surface area (Å²) in [5.41, 5.74) is 6.90. The van der Waals surface area contributed by atoms with Gasteiger partial charge in [0, 0.05) is 19.3 Å². The summed E-state index contributed by atoms with van der Waals surface area (Å²) < 4.78 is 1.76. The summed E-state index contributed by atoms with van der Waals surface area (Å²) in [5.74, 6) is 0.673. The molecule has 3 N–H and O–H groups in total. The van der Waals surface area contributed by atoms with Gasteiger partial charge in [-0.15, -0.1) is 0 Å². The molecule has 102 valence electrons. The molecule has 0 spiro atoms. The largest absolute Gasteiger partial charge is 0.397 e. The first-order valence-corrected chi connectivity index (χ1v) is 6.63. The molecule has 4 nitrogen and oxygen atoms in total. The summed E-state index contributed by atoms with van der Waals surface area (Å²) in [6, 6.07) is 1.91. The number of amides is 1. The maximum absolute atomic E-state index is 12.0. The second kappa shape index (κ2) is 6.47. The third-order valence-electron chi connectivity index (χ3n) is 3.05. The number of aromatic nitrogens is 1. The lowest BCUT2D eigenvalue weighted by atomic mass is 10.0. The van der Waals surface area contributed by atoms with Crippen molar-refractivity contribution >= 4 is 11.6 Å². The Morgan fingerprint density at radius 1 is 1.39 bits per heavy atom. The molecular weight excluding hydrogens is 226 g/mol. The zero-order chi connectivity index (χ0) is 13.7. The number of nitrogen functional groups attached to an aromatic ring is 1. The number of nitrogens with zero attached hydrogens (tertiary/aromatic N) is 1. The first kappa shape index (κ1) is 14.6. The minimum Gasteiger partial charge on any atom is -0.397 e. The van der Waals surface area contributed by atoms with Crippen LogP contribution in [-0.2, 0) is 7.05 Å². The fourth-order valence-electron chi connectivity index (χ4n) is 2.02. The van der Waals surface area contributed by atoms with Crippen molar-refractivity contribution in [2.24, 2.45) is 13.0 Å². The number of nitrogens with one attached hydrogen (secondary N) is 1. The number of aryl methyl sites for hydroxylation is 1. The van der Waals surface area contributed by atoms with Gasteiger partial charge in [0.15, 0.2) is 0 Å². The van der Waals surface area contributed by atoms with Crippen LogP contribution in [0, 0.1) is 5.92 Å². The lowest BCUT2D eigenvalue weighted by Gasteiger charge is -2.14. The second-order valence-corrected chi connectivity index (χ2v) is 5.47. The van der Waals surface area contributed by atoms with E-state index in [2.05, 4.69) is 19.2 Å². The molecule has 0 saturated carbocycles. The molecule has 4 heteroatoms. The van der Waals surface area contributed by atoms with E-state index >= 15 is 0 Å². The van der Waals surface area contributed by atoms with Gasteiger partial charge in [-0.1, -0.05) is 26.7 Å². The van der Waals surface area contributed by atoms with E-state index in [1.54, 1.807) is 16.8 Å². The van der Waals surface area contributed by atoms with Crippen LogP contribution in [0.25, 0.3) is 0 Å². The van der Waals surface area contributed by atoms with E-state index in [1.807, 2.05) is 14.0 Å². The highest BCUT2D eigenvalue weighted by atomic mass is 16.2. The molecule has 1 aromatic heterocycles. The molecule has 0 bridgehead atoms. The van der Waals surface area contributed by atoms with Crippen molar-refractivity contribution in [3.63, 3.8) is 0 Å². The Hall–Kier alpha value is -1.45. The van der Waals surface area contributed by atoms with Crippen LogP contribution in [0.3, 0.4) is 0 Å². The van der Waals surface area contributed by atoms with E-state index in [0.717, 1.165) is 18.8 Å². The highest BCUT2D eigenvalue weighted by Crippen LogP contribution is 2.11. The van der Waals surface area contributed by atoms with Crippen molar-refractivity contribution < 1.29 is 4.79 Å². The van der Waals surface area contributed by atoms with E-state index in [1.165, 1.54) is 6.42 Å². The van der Waals surface area contributed by atoms with Gasteiger partial charge >= 0.3 is 0 Å². The molecule has 1 aromatic rings. The topological polar surface area (TPSA) is 60.1 Å². The summed E-state index contributed by atoms with van der Waals surface area (Å²) >= 11 is 0. The molecule has 0 aromatic carbocycles. The Labute approximate surface area is 110 Å². The third kappa shape index (κ3) is 4.43. The average Bonchev–Trinajstić information content (AvgIpc) is 2.57. The zero-order valence-electron chi connectivity index (χ0n) is 11.9. The van der Waals surface area contributed by atoms with Crippen LogP contribution in [0.4, 0.5) is 5.69 Å². The molecular formula is C14H25N3O. The van der Waals surface area contributed by atoms with Crippen molar-refractivity contribution in [3.05, 3.63) is 18.0 Å². The molecule has 0 aliphatic rings. The smallest absolute Gasteiger partial charge is 0.268 e. The summed E-state index contributed by atoms with van der Waals surface area (Å²) in [6.45, 7) is 6.48. The predicted octanol–water partition coefficient (Wildman–Crippen LogP) is 2.55. The number of carbonyl (C=O) groups is 1. The summed E-state index contributed by atoms with van der Waals surface area (Å²) in [6.07, 6.45) is 5.12.